The smallest absolute Gasteiger partial charge is 0.324 e. The van der Waals surface area contributed by atoms with Crippen LogP contribution in [0, 0.1) is 0 Å². The molecule has 0 aromatic rings. The number of rotatable bonds is 8. The van der Waals surface area contributed by atoms with Crippen molar-refractivity contribution in [2.75, 3.05) is 26.3 Å². The molecule has 3 nitrogen and oxygen atoms in total. The number of hydrogen-bond acceptors (Lipinski definition) is 2. The summed E-state index contributed by atoms with van der Waals surface area (Å²) in [6.07, 6.45) is -3.04. The van der Waals surface area contributed by atoms with Crippen molar-refractivity contribution in [1.29, 1.82) is 0 Å². The summed E-state index contributed by atoms with van der Waals surface area (Å²) in [5, 5.41) is 4.59. The topological polar surface area (TPSA) is 33.3 Å². The maximum atomic E-state index is 12.5. The molecule has 0 aromatic heterocycles. The van der Waals surface area contributed by atoms with E-state index in [1.807, 2.05) is 12.2 Å². The van der Waals surface area contributed by atoms with Crippen LogP contribution in [0.25, 0.3) is 0 Å². The lowest BCUT2D eigenvalue weighted by molar-refractivity contribution is -0.122. The average molecular weight is 276 g/mol. The van der Waals surface area contributed by atoms with E-state index in [-0.39, 0.29) is 5.11 Å². The third-order valence-electron chi connectivity index (χ3n) is 1.76. The monoisotopic (exact) mass is 276 g/mol. The van der Waals surface area contributed by atoms with E-state index >= 15 is 0 Å². The Bertz CT molecular complexity index is 229. The Hall–Kier alpha value is -0.630. The van der Waals surface area contributed by atoms with E-state index in [0.717, 1.165) is 0 Å². The molecular weight excluding hydrogens is 260 g/mol. The molecule has 0 fully saturated rings. The second-order valence-electron chi connectivity index (χ2n) is 3.22. The molecule has 0 atom stereocenters. The first-order valence-corrected chi connectivity index (χ1v) is 5.56. The van der Waals surface area contributed by atoms with Crippen molar-refractivity contribution in [1.82, 2.24) is 10.6 Å². The maximum absolute atomic E-state index is 12.5. The van der Waals surface area contributed by atoms with Crippen LogP contribution in [-0.2, 0) is 4.74 Å². The zero-order valence-electron chi connectivity index (χ0n) is 9.44. The number of alkyl halides is 4. The van der Waals surface area contributed by atoms with Crippen molar-refractivity contribution >= 4 is 17.3 Å². The highest BCUT2D eigenvalue weighted by molar-refractivity contribution is 7.80. The molecule has 0 aromatic carbocycles. The zero-order chi connectivity index (χ0) is 13.3. The lowest BCUT2D eigenvalue weighted by Gasteiger charge is -2.17. The van der Waals surface area contributed by atoms with Crippen LogP contribution in [0.5, 0.6) is 0 Å². The fourth-order valence-electron chi connectivity index (χ4n) is 0.858. The summed E-state index contributed by atoms with van der Waals surface area (Å²) >= 11 is 4.65. The summed E-state index contributed by atoms with van der Waals surface area (Å²) < 4.78 is 53.6. The highest BCUT2D eigenvalue weighted by atomic mass is 32.1. The van der Waals surface area contributed by atoms with Gasteiger partial charge < -0.3 is 15.4 Å². The van der Waals surface area contributed by atoms with E-state index in [1.54, 1.807) is 0 Å². The standard InChI is InChI=1S/C9H16F4N2OS/c1-2-16-5-3-4-14-8(17)15-6-9(12,13)7(10)11/h7H,2-6H2,1H3,(H2,14,15,17). The highest BCUT2D eigenvalue weighted by Crippen LogP contribution is 2.21. The van der Waals surface area contributed by atoms with Crippen LogP contribution >= 0.6 is 12.2 Å². The van der Waals surface area contributed by atoms with Crippen molar-refractivity contribution in [3.63, 3.8) is 0 Å². The molecule has 0 heterocycles. The Morgan fingerprint density at radius 3 is 2.53 bits per heavy atom. The van der Waals surface area contributed by atoms with Crippen LogP contribution in [0.1, 0.15) is 13.3 Å². The molecule has 0 radical (unpaired) electrons. The Morgan fingerprint density at radius 1 is 1.35 bits per heavy atom. The number of halogens is 4. The van der Waals surface area contributed by atoms with E-state index in [1.165, 1.54) is 0 Å². The van der Waals surface area contributed by atoms with Crippen LogP contribution in [0.15, 0.2) is 0 Å². The van der Waals surface area contributed by atoms with Gasteiger partial charge in [-0.05, 0) is 25.6 Å². The lowest BCUT2D eigenvalue weighted by atomic mass is 10.3. The Labute approximate surface area is 103 Å². The van der Waals surface area contributed by atoms with Crippen molar-refractivity contribution in [3.8, 4) is 0 Å². The molecule has 0 amide bonds. The van der Waals surface area contributed by atoms with Gasteiger partial charge in [-0.1, -0.05) is 0 Å². The zero-order valence-corrected chi connectivity index (χ0v) is 10.3. The molecule has 102 valence electrons. The normalized spacial score (nSPS) is 11.6. The molecule has 0 unspecified atom stereocenters. The number of nitrogens with one attached hydrogen (secondary N) is 2. The molecule has 8 heteroatoms. The van der Waals surface area contributed by atoms with Gasteiger partial charge in [-0.15, -0.1) is 0 Å². The first-order valence-electron chi connectivity index (χ1n) is 5.15. The van der Waals surface area contributed by atoms with Crippen molar-refractivity contribution < 1.29 is 22.3 Å². The van der Waals surface area contributed by atoms with E-state index in [4.69, 9.17) is 4.74 Å². The van der Waals surface area contributed by atoms with Crippen molar-refractivity contribution in [2.45, 2.75) is 25.7 Å². The largest absolute Gasteiger partial charge is 0.382 e. The molecule has 0 bridgehead atoms. The quantitative estimate of drug-likeness (QED) is 0.402. The summed E-state index contributed by atoms with van der Waals surface area (Å²) in [6, 6.07) is 0. The Morgan fingerprint density at radius 2 is 2.00 bits per heavy atom. The van der Waals surface area contributed by atoms with Crippen LogP contribution in [0.3, 0.4) is 0 Å². The molecule has 0 aliphatic carbocycles. The SMILES string of the molecule is CCOCCCNC(=S)NCC(F)(F)C(F)F. The van der Waals surface area contributed by atoms with Gasteiger partial charge >= 0.3 is 12.3 Å². The first-order chi connectivity index (χ1) is 7.90. The third kappa shape index (κ3) is 8.14. The number of thiocarbonyl (C=S) groups is 1. The van der Waals surface area contributed by atoms with Crippen molar-refractivity contribution in [2.24, 2.45) is 0 Å². The number of ether oxygens (including phenoxy) is 1. The minimum Gasteiger partial charge on any atom is -0.382 e. The van der Waals surface area contributed by atoms with E-state index in [0.29, 0.717) is 26.2 Å². The maximum Gasteiger partial charge on any atom is 0.324 e. The molecule has 0 rings (SSSR count). The summed E-state index contributed by atoms with van der Waals surface area (Å²) in [5.41, 5.74) is 0. The Balaban J connectivity index is 3.60. The average Bonchev–Trinajstić information content (AvgIpc) is 2.26. The second kappa shape index (κ2) is 8.46. The van der Waals surface area contributed by atoms with Crippen LogP contribution < -0.4 is 10.6 Å². The predicted octanol–water partition coefficient (Wildman–Crippen LogP) is 1.78. The second-order valence-corrected chi connectivity index (χ2v) is 3.63. The van der Waals surface area contributed by atoms with Crippen LogP contribution in [0.2, 0.25) is 0 Å². The molecule has 17 heavy (non-hydrogen) atoms. The minimum absolute atomic E-state index is 0.0678. The van der Waals surface area contributed by atoms with Gasteiger partial charge in [0.05, 0.1) is 6.54 Å². The molecule has 0 aliphatic heterocycles. The van der Waals surface area contributed by atoms with Gasteiger partial charge in [-0.25, -0.2) is 8.78 Å². The predicted molar refractivity (Wildman–Crippen MR) is 60.7 cm³/mol. The molecular formula is C9H16F4N2OS. The lowest BCUT2D eigenvalue weighted by Crippen LogP contribution is -2.45. The van der Waals surface area contributed by atoms with Gasteiger partial charge in [-0.2, -0.15) is 8.78 Å². The fourth-order valence-corrected chi connectivity index (χ4v) is 1.03. The van der Waals surface area contributed by atoms with Crippen LogP contribution in [-0.4, -0.2) is 43.8 Å². The van der Waals surface area contributed by atoms with Crippen LogP contribution in [0.4, 0.5) is 17.6 Å². The van der Waals surface area contributed by atoms with Gasteiger partial charge in [-0.3, -0.25) is 0 Å². The van der Waals surface area contributed by atoms with E-state index in [9.17, 15) is 17.6 Å². The molecule has 2 N–H and O–H groups in total. The van der Waals surface area contributed by atoms with Gasteiger partial charge in [0.1, 0.15) is 0 Å². The Kier molecular flexibility index (Phi) is 8.15. The first kappa shape index (κ1) is 16.4. The number of hydrogen-bond donors (Lipinski definition) is 2. The minimum atomic E-state index is -4.07. The molecule has 0 saturated heterocycles. The van der Waals surface area contributed by atoms with Gasteiger partial charge in [0, 0.05) is 19.8 Å². The van der Waals surface area contributed by atoms with E-state index in [2.05, 4.69) is 17.5 Å². The highest BCUT2D eigenvalue weighted by Gasteiger charge is 2.40. The van der Waals surface area contributed by atoms with E-state index < -0.39 is 18.9 Å². The van der Waals surface area contributed by atoms with Gasteiger partial charge in [0.25, 0.3) is 0 Å². The summed E-state index contributed by atoms with van der Waals surface area (Å²) in [4.78, 5) is 0. The summed E-state index contributed by atoms with van der Waals surface area (Å²) in [6.45, 7) is 2.24. The molecule has 0 aliphatic rings. The molecule has 0 spiro atoms. The summed E-state index contributed by atoms with van der Waals surface area (Å²) in [7, 11) is 0. The molecule has 0 saturated carbocycles. The summed E-state index contributed by atoms with van der Waals surface area (Å²) in [5.74, 6) is -4.07. The van der Waals surface area contributed by atoms with Gasteiger partial charge in [0.2, 0.25) is 0 Å². The third-order valence-corrected chi connectivity index (χ3v) is 2.05. The fraction of sp³-hybridized carbons (Fsp3) is 0.889. The van der Waals surface area contributed by atoms with Crippen molar-refractivity contribution in [3.05, 3.63) is 0 Å². The van der Waals surface area contributed by atoms with Gasteiger partial charge in [0.15, 0.2) is 5.11 Å².